The number of aromatic nitrogens is 2. The predicted octanol–water partition coefficient (Wildman–Crippen LogP) is 5.34. The lowest BCUT2D eigenvalue weighted by atomic mass is 9.97. The fraction of sp³-hybridized carbons (Fsp3) is 0.258. The molecule has 5 rings (SSSR count). The van der Waals surface area contributed by atoms with Crippen LogP contribution in [-0.2, 0) is 20.0 Å². The molecule has 218 valence electrons. The zero-order valence-electron chi connectivity index (χ0n) is 23.6. The number of esters is 1. The smallest absolute Gasteiger partial charge is 0.376 e. The molecule has 0 radical (unpaired) electrons. The first kappa shape index (κ1) is 29.6. The van der Waals surface area contributed by atoms with Crippen molar-refractivity contribution in [3.8, 4) is 40.5 Å². The SMILES string of the molecule is COC(=O)c1oc(-c2ccccc2)nc1CSc1nc(N)c(C#N)c(-c2ccc(OC[C@@H]3COC(C)(C)O3)cc2)c1C#N. The lowest BCUT2D eigenvalue weighted by Crippen LogP contribution is -2.25. The van der Waals surface area contributed by atoms with Crippen LogP contribution in [0.4, 0.5) is 5.82 Å². The van der Waals surface area contributed by atoms with Crippen molar-refractivity contribution in [1.82, 2.24) is 9.97 Å². The maximum Gasteiger partial charge on any atom is 0.376 e. The first-order chi connectivity index (χ1) is 20.7. The largest absolute Gasteiger partial charge is 0.491 e. The van der Waals surface area contributed by atoms with E-state index in [1.54, 1.807) is 36.4 Å². The monoisotopic (exact) mass is 597 g/mol. The van der Waals surface area contributed by atoms with Crippen LogP contribution in [0.1, 0.15) is 41.2 Å². The van der Waals surface area contributed by atoms with Gasteiger partial charge in [0.05, 0.1) is 19.3 Å². The van der Waals surface area contributed by atoms with Crippen molar-refractivity contribution in [2.45, 2.75) is 36.5 Å². The average Bonchev–Trinajstić information content (AvgIpc) is 3.61. The first-order valence-electron chi connectivity index (χ1n) is 13.2. The number of oxazole rings is 1. The number of anilines is 1. The molecule has 0 amide bonds. The minimum absolute atomic E-state index is 0.0290. The van der Waals surface area contributed by atoms with Crippen molar-refractivity contribution >= 4 is 23.5 Å². The molecule has 11 nitrogen and oxygen atoms in total. The molecule has 2 N–H and O–H groups in total. The molecule has 2 aromatic carbocycles. The minimum atomic E-state index is -0.684. The van der Waals surface area contributed by atoms with Gasteiger partial charge in [-0.1, -0.05) is 42.1 Å². The number of hydrogen-bond acceptors (Lipinski definition) is 12. The molecule has 4 aromatic rings. The van der Waals surface area contributed by atoms with Crippen molar-refractivity contribution in [1.29, 1.82) is 10.5 Å². The number of carbonyl (C=O) groups excluding carboxylic acids is 1. The number of pyridine rings is 1. The molecule has 1 atom stereocenters. The normalized spacial score (nSPS) is 15.4. The molecule has 12 heteroatoms. The minimum Gasteiger partial charge on any atom is -0.491 e. The standard InChI is InChI=1S/C31H27N5O6S/c1-31(2)40-16-21(42-31)15-39-20-11-9-18(10-12-20)25-22(13-32)27(34)36-29(23(25)14-33)43-17-24-26(30(37)38-3)41-28(35-24)19-7-5-4-6-8-19/h4-12,21H,15-17H2,1-3H3,(H2,34,36)/t21-/m1/s1. The van der Waals surface area contributed by atoms with Crippen LogP contribution in [0.2, 0.25) is 0 Å². The van der Waals surface area contributed by atoms with Gasteiger partial charge in [-0.3, -0.25) is 0 Å². The third kappa shape index (κ3) is 6.47. The Kier molecular flexibility index (Phi) is 8.64. The molecule has 0 unspecified atom stereocenters. The number of rotatable bonds is 9. The fourth-order valence-corrected chi connectivity index (χ4v) is 5.41. The van der Waals surface area contributed by atoms with Crippen molar-refractivity contribution in [2.75, 3.05) is 26.1 Å². The number of nitrogen functional groups attached to an aromatic ring is 1. The third-order valence-corrected chi connectivity index (χ3v) is 7.48. The van der Waals surface area contributed by atoms with E-state index in [2.05, 4.69) is 22.1 Å². The molecule has 0 aliphatic carbocycles. The van der Waals surface area contributed by atoms with E-state index < -0.39 is 11.8 Å². The second-order valence-corrected chi connectivity index (χ2v) is 10.8. The average molecular weight is 598 g/mol. The molecular formula is C31H27N5O6S. The second kappa shape index (κ2) is 12.5. The van der Waals surface area contributed by atoms with Crippen LogP contribution in [0.3, 0.4) is 0 Å². The molecule has 2 aromatic heterocycles. The van der Waals surface area contributed by atoms with Gasteiger partial charge in [0, 0.05) is 16.9 Å². The lowest BCUT2D eigenvalue weighted by molar-refractivity contribution is -0.141. The van der Waals surface area contributed by atoms with Crippen molar-refractivity contribution in [3.63, 3.8) is 0 Å². The third-order valence-electron chi connectivity index (χ3n) is 6.50. The second-order valence-electron chi connectivity index (χ2n) is 9.88. The number of nitriles is 2. The molecule has 1 saturated heterocycles. The zero-order chi connectivity index (χ0) is 30.6. The summed E-state index contributed by atoms with van der Waals surface area (Å²) in [5.74, 6) is -0.457. The highest BCUT2D eigenvalue weighted by Crippen LogP contribution is 2.38. The highest BCUT2D eigenvalue weighted by atomic mass is 32.2. The maximum absolute atomic E-state index is 12.5. The molecule has 43 heavy (non-hydrogen) atoms. The summed E-state index contributed by atoms with van der Waals surface area (Å²) in [6.45, 7) is 4.43. The van der Waals surface area contributed by atoms with Crippen molar-refractivity contribution in [2.24, 2.45) is 0 Å². The Hall–Kier alpha value is -4.88. The van der Waals surface area contributed by atoms with Crippen LogP contribution < -0.4 is 10.5 Å². The van der Waals surface area contributed by atoms with Gasteiger partial charge in [0.1, 0.15) is 52.7 Å². The number of benzene rings is 2. The molecule has 3 heterocycles. The van der Waals surface area contributed by atoms with Gasteiger partial charge < -0.3 is 29.1 Å². The Morgan fingerprint density at radius 3 is 2.42 bits per heavy atom. The zero-order valence-corrected chi connectivity index (χ0v) is 24.4. The van der Waals surface area contributed by atoms with E-state index in [9.17, 15) is 15.3 Å². The van der Waals surface area contributed by atoms with E-state index in [0.717, 1.165) is 11.8 Å². The van der Waals surface area contributed by atoms with Gasteiger partial charge in [-0.25, -0.2) is 14.8 Å². The van der Waals surface area contributed by atoms with Crippen molar-refractivity contribution in [3.05, 3.63) is 77.2 Å². The van der Waals surface area contributed by atoms with E-state index in [-0.39, 0.29) is 45.5 Å². The lowest BCUT2D eigenvalue weighted by Gasteiger charge is -2.17. The summed E-state index contributed by atoms with van der Waals surface area (Å²) in [7, 11) is 1.25. The molecular weight excluding hydrogens is 570 g/mol. The van der Waals surface area contributed by atoms with Crippen LogP contribution in [-0.4, -0.2) is 48.2 Å². The molecule has 1 aliphatic heterocycles. The summed E-state index contributed by atoms with van der Waals surface area (Å²) in [6, 6.07) is 20.4. The van der Waals surface area contributed by atoms with Crippen LogP contribution in [0.5, 0.6) is 5.75 Å². The highest BCUT2D eigenvalue weighted by Gasteiger charge is 2.33. The van der Waals surface area contributed by atoms with E-state index in [4.69, 9.17) is 29.1 Å². The summed E-state index contributed by atoms with van der Waals surface area (Å²) < 4.78 is 27.8. The van der Waals surface area contributed by atoms with E-state index in [0.29, 0.717) is 41.3 Å². The summed E-state index contributed by atoms with van der Waals surface area (Å²) in [5, 5.41) is 20.4. The summed E-state index contributed by atoms with van der Waals surface area (Å²) in [4.78, 5) is 21.3. The number of nitrogens with zero attached hydrogens (tertiary/aromatic N) is 4. The molecule has 0 saturated carbocycles. The van der Waals surface area contributed by atoms with Crippen LogP contribution in [0, 0.1) is 22.7 Å². The quantitative estimate of drug-likeness (QED) is 0.195. The Labute approximate surface area is 252 Å². The fourth-order valence-electron chi connectivity index (χ4n) is 4.49. The Morgan fingerprint density at radius 1 is 1.07 bits per heavy atom. The number of thioether (sulfide) groups is 1. The molecule has 1 fully saturated rings. The predicted molar refractivity (Wildman–Crippen MR) is 157 cm³/mol. The van der Waals surface area contributed by atoms with Crippen LogP contribution in [0.15, 0.2) is 64.0 Å². The van der Waals surface area contributed by atoms with Gasteiger partial charge in [0.2, 0.25) is 11.7 Å². The Morgan fingerprint density at radius 2 is 1.79 bits per heavy atom. The Balaban J connectivity index is 1.42. The van der Waals surface area contributed by atoms with Gasteiger partial charge >= 0.3 is 5.97 Å². The van der Waals surface area contributed by atoms with Crippen LogP contribution >= 0.6 is 11.8 Å². The van der Waals surface area contributed by atoms with E-state index in [1.165, 1.54) is 7.11 Å². The highest BCUT2D eigenvalue weighted by molar-refractivity contribution is 7.98. The van der Waals surface area contributed by atoms with E-state index >= 15 is 0 Å². The Bertz CT molecular complexity index is 1720. The van der Waals surface area contributed by atoms with E-state index in [1.807, 2.05) is 32.0 Å². The number of ether oxygens (including phenoxy) is 4. The summed E-state index contributed by atoms with van der Waals surface area (Å²) >= 11 is 1.14. The number of hydrogen-bond donors (Lipinski definition) is 1. The van der Waals surface area contributed by atoms with Gasteiger partial charge in [-0.15, -0.1) is 0 Å². The van der Waals surface area contributed by atoms with Gasteiger partial charge in [0.25, 0.3) is 0 Å². The molecule has 1 aliphatic rings. The summed E-state index contributed by atoms with van der Waals surface area (Å²) in [5.41, 5.74) is 8.37. The molecule has 0 spiro atoms. The van der Waals surface area contributed by atoms with Gasteiger partial charge in [-0.05, 0) is 43.7 Å². The molecule has 0 bridgehead atoms. The van der Waals surface area contributed by atoms with Crippen LogP contribution in [0.25, 0.3) is 22.6 Å². The van der Waals surface area contributed by atoms with Crippen molar-refractivity contribution < 1.29 is 28.2 Å². The topological polar surface area (TPSA) is 167 Å². The number of nitrogens with two attached hydrogens (primary N) is 1. The summed E-state index contributed by atoms with van der Waals surface area (Å²) in [6.07, 6.45) is -0.196. The van der Waals surface area contributed by atoms with Gasteiger partial charge in [0.15, 0.2) is 5.79 Å². The van der Waals surface area contributed by atoms with Gasteiger partial charge in [-0.2, -0.15) is 10.5 Å². The maximum atomic E-state index is 12.5. The number of carbonyl (C=O) groups is 1. The number of methoxy groups -OCH3 is 1. The first-order valence-corrected chi connectivity index (χ1v) is 14.2.